The molecule has 1 aromatic carbocycles. The molecule has 0 saturated heterocycles. The van der Waals surface area contributed by atoms with Crippen LogP contribution in [0.3, 0.4) is 0 Å². The van der Waals surface area contributed by atoms with E-state index in [2.05, 4.69) is 23.5 Å². The number of carboxylic acid groups (broad SMARTS) is 1. The normalized spacial score (nSPS) is 17.0. The van der Waals surface area contributed by atoms with Gasteiger partial charge in [-0.15, -0.1) is 0 Å². The van der Waals surface area contributed by atoms with Gasteiger partial charge in [0.15, 0.2) is 0 Å². The molecule has 0 heterocycles. The first kappa shape index (κ1) is 11.4. The minimum Gasteiger partial charge on any atom is -0.545 e. The van der Waals surface area contributed by atoms with E-state index in [0.29, 0.717) is 0 Å². The monoisotopic (exact) mass is 229 g/mol. The summed E-state index contributed by atoms with van der Waals surface area (Å²) in [4.78, 5) is 10.5. The number of nitrogens with one attached hydrogen (secondary N) is 1. The second-order valence-corrected chi connectivity index (χ2v) is 4.07. The van der Waals surface area contributed by atoms with Gasteiger partial charge in [0.2, 0.25) is 0 Å². The van der Waals surface area contributed by atoms with Gasteiger partial charge in [-0.2, -0.15) is 5.10 Å². The van der Waals surface area contributed by atoms with Crippen molar-refractivity contribution in [1.82, 2.24) is 0 Å². The summed E-state index contributed by atoms with van der Waals surface area (Å²) in [7, 11) is 0. The van der Waals surface area contributed by atoms with Gasteiger partial charge in [0.25, 0.3) is 0 Å². The van der Waals surface area contributed by atoms with Crippen molar-refractivity contribution in [2.45, 2.75) is 19.8 Å². The molecule has 2 rings (SSSR count). The molecule has 0 spiro atoms. The standard InChI is InChI=1S/C13H14N2O2/c1-9-2-5-12(8-9)15-14-11-6-3-10(4-7-11)13(16)17/h3-4,6-8,14H,2,5H2,1H3,(H,16,17)/p-1/b15-12+. The van der Waals surface area contributed by atoms with Gasteiger partial charge in [-0.05, 0) is 43.5 Å². The van der Waals surface area contributed by atoms with Crippen LogP contribution in [0, 0.1) is 0 Å². The van der Waals surface area contributed by atoms with E-state index in [1.54, 1.807) is 12.1 Å². The Bertz CT molecular complexity index is 487. The van der Waals surface area contributed by atoms with Gasteiger partial charge in [0.1, 0.15) is 0 Å². The number of aromatic carboxylic acids is 1. The number of benzene rings is 1. The van der Waals surface area contributed by atoms with Crippen LogP contribution >= 0.6 is 0 Å². The number of hydrazone groups is 1. The molecule has 0 radical (unpaired) electrons. The molecular weight excluding hydrogens is 216 g/mol. The average Bonchev–Trinajstić information content (AvgIpc) is 2.73. The largest absolute Gasteiger partial charge is 0.545 e. The van der Waals surface area contributed by atoms with E-state index in [9.17, 15) is 9.90 Å². The van der Waals surface area contributed by atoms with Crippen LogP contribution in [0.5, 0.6) is 0 Å². The van der Waals surface area contributed by atoms with Crippen LogP contribution in [-0.2, 0) is 0 Å². The number of nitrogens with zero attached hydrogens (tertiary/aromatic N) is 1. The molecule has 0 fully saturated rings. The van der Waals surface area contributed by atoms with Gasteiger partial charge in [0, 0.05) is 0 Å². The summed E-state index contributed by atoms with van der Waals surface area (Å²) in [5, 5.41) is 14.8. The molecule has 88 valence electrons. The predicted octanol–water partition coefficient (Wildman–Crippen LogP) is 1.56. The quantitative estimate of drug-likeness (QED) is 0.800. The molecule has 1 aromatic rings. The predicted molar refractivity (Wildman–Crippen MR) is 64.8 cm³/mol. The number of rotatable bonds is 3. The number of carboxylic acids is 1. The van der Waals surface area contributed by atoms with Crippen molar-refractivity contribution in [3.8, 4) is 0 Å². The van der Waals surface area contributed by atoms with E-state index >= 15 is 0 Å². The fourth-order valence-corrected chi connectivity index (χ4v) is 1.66. The van der Waals surface area contributed by atoms with E-state index in [-0.39, 0.29) is 5.56 Å². The Hall–Kier alpha value is -2.10. The fourth-order valence-electron chi connectivity index (χ4n) is 1.66. The zero-order valence-electron chi connectivity index (χ0n) is 9.56. The van der Waals surface area contributed by atoms with Crippen molar-refractivity contribution in [1.29, 1.82) is 0 Å². The zero-order chi connectivity index (χ0) is 12.3. The topological polar surface area (TPSA) is 64.5 Å². The summed E-state index contributed by atoms with van der Waals surface area (Å²) in [6.45, 7) is 2.08. The lowest BCUT2D eigenvalue weighted by molar-refractivity contribution is -0.255. The average molecular weight is 229 g/mol. The highest BCUT2D eigenvalue weighted by Gasteiger charge is 2.05. The summed E-state index contributed by atoms with van der Waals surface area (Å²) >= 11 is 0. The first-order valence-electron chi connectivity index (χ1n) is 5.46. The van der Waals surface area contributed by atoms with Gasteiger partial charge in [-0.1, -0.05) is 17.7 Å². The zero-order valence-corrected chi connectivity index (χ0v) is 9.56. The third-order valence-corrected chi connectivity index (χ3v) is 2.64. The molecule has 0 bridgehead atoms. The number of allylic oxidation sites excluding steroid dienone is 2. The Balaban J connectivity index is 2.02. The minimum atomic E-state index is -1.17. The molecular formula is C13H13N2O2-. The maximum absolute atomic E-state index is 10.5. The maximum atomic E-state index is 10.5. The van der Waals surface area contributed by atoms with E-state index in [1.165, 1.54) is 17.7 Å². The minimum absolute atomic E-state index is 0.166. The van der Waals surface area contributed by atoms with Crippen molar-refractivity contribution in [2.24, 2.45) is 5.10 Å². The Labute approximate surface area is 99.7 Å². The molecule has 1 aliphatic carbocycles. The van der Waals surface area contributed by atoms with Crippen molar-refractivity contribution in [2.75, 3.05) is 5.43 Å². The van der Waals surface area contributed by atoms with Crippen LogP contribution in [-0.4, -0.2) is 11.7 Å². The van der Waals surface area contributed by atoms with Crippen molar-refractivity contribution < 1.29 is 9.90 Å². The summed E-state index contributed by atoms with van der Waals surface area (Å²) in [6, 6.07) is 6.32. The third-order valence-electron chi connectivity index (χ3n) is 2.64. The molecule has 4 nitrogen and oxygen atoms in total. The van der Waals surface area contributed by atoms with Crippen LogP contribution in [0.15, 0.2) is 41.0 Å². The molecule has 0 aliphatic heterocycles. The van der Waals surface area contributed by atoms with E-state index in [0.717, 1.165) is 24.2 Å². The van der Waals surface area contributed by atoms with E-state index in [1.807, 2.05) is 0 Å². The molecule has 0 atom stereocenters. The second kappa shape index (κ2) is 4.82. The molecule has 1 aliphatic rings. The number of carbonyl (C=O) groups is 1. The number of hydrogen-bond donors (Lipinski definition) is 1. The number of carbonyl (C=O) groups excluding carboxylic acids is 1. The van der Waals surface area contributed by atoms with Crippen LogP contribution in [0.25, 0.3) is 0 Å². The number of hydrogen-bond acceptors (Lipinski definition) is 4. The van der Waals surface area contributed by atoms with Crippen molar-refractivity contribution in [3.05, 3.63) is 41.5 Å². The van der Waals surface area contributed by atoms with Crippen LogP contribution in [0.1, 0.15) is 30.1 Å². The van der Waals surface area contributed by atoms with Crippen molar-refractivity contribution >= 4 is 17.4 Å². The first-order valence-corrected chi connectivity index (χ1v) is 5.46. The molecule has 0 amide bonds. The lowest BCUT2D eigenvalue weighted by Crippen LogP contribution is -2.21. The molecule has 17 heavy (non-hydrogen) atoms. The Morgan fingerprint density at radius 1 is 1.29 bits per heavy atom. The Kier molecular flexibility index (Phi) is 3.23. The van der Waals surface area contributed by atoms with Crippen LogP contribution < -0.4 is 10.5 Å². The molecule has 0 aromatic heterocycles. The maximum Gasteiger partial charge on any atom is 0.0715 e. The molecule has 1 N–H and O–H groups in total. The summed E-state index contributed by atoms with van der Waals surface area (Å²) in [6.07, 6.45) is 4.07. The Morgan fingerprint density at radius 3 is 2.53 bits per heavy atom. The lowest BCUT2D eigenvalue weighted by Gasteiger charge is -2.04. The highest BCUT2D eigenvalue weighted by atomic mass is 16.4. The second-order valence-electron chi connectivity index (χ2n) is 4.07. The van der Waals surface area contributed by atoms with Crippen molar-refractivity contribution in [3.63, 3.8) is 0 Å². The summed E-state index contributed by atoms with van der Waals surface area (Å²) in [5.41, 5.74) is 6.19. The van der Waals surface area contributed by atoms with Gasteiger partial charge in [0.05, 0.1) is 17.4 Å². The highest BCUT2D eigenvalue weighted by Crippen LogP contribution is 2.15. The summed E-state index contributed by atoms with van der Waals surface area (Å²) < 4.78 is 0. The highest BCUT2D eigenvalue weighted by molar-refractivity contribution is 5.98. The van der Waals surface area contributed by atoms with Gasteiger partial charge < -0.3 is 9.90 Å². The van der Waals surface area contributed by atoms with Crippen LogP contribution in [0.4, 0.5) is 5.69 Å². The number of anilines is 1. The third kappa shape index (κ3) is 2.93. The Morgan fingerprint density at radius 2 is 2.00 bits per heavy atom. The fraction of sp³-hybridized carbons (Fsp3) is 0.231. The van der Waals surface area contributed by atoms with E-state index < -0.39 is 5.97 Å². The van der Waals surface area contributed by atoms with Gasteiger partial charge >= 0.3 is 0 Å². The van der Waals surface area contributed by atoms with Crippen LogP contribution in [0.2, 0.25) is 0 Å². The molecule has 0 saturated carbocycles. The first-order chi connectivity index (χ1) is 8.15. The molecule has 0 unspecified atom stereocenters. The molecule has 4 heteroatoms. The smallest absolute Gasteiger partial charge is 0.0715 e. The van der Waals surface area contributed by atoms with E-state index in [4.69, 9.17) is 0 Å². The SMILES string of the molecule is CC1=C/C(=N/Nc2ccc(C(=O)[O-])cc2)CC1. The van der Waals surface area contributed by atoms with Gasteiger partial charge in [-0.3, -0.25) is 5.43 Å². The summed E-state index contributed by atoms with van der Waals surface area (Å²) in [5.74, 6) is -1.17. The van der Waals surface area contributed by atoms with Gasteiger partial charge in [-0.25, -0.2) is 0 Å². The lowest BCUT2D eigenvalue weighted by atomic mass is 10.2.